The van der Waals surface area contributed by atoms with Crippen molar-refractivity contribution in [2.45, 2.75) is 247 Å². The number of likely N-dealkylation sites (N-methyl/N-ethyl adjacent to an activating group) is 7. The first-order chi connectivity index (χ1) is 45.5. The summed E-state index contributed by atoms with van der Waals surface area (Å²) in [6.45, 7) is 32.6. The van der Waals surface area contributed by atoms with E-state index in [1.165, 1.54) is 111 Å². The van der Waals surface area contributed by atoms with Crippen LogP contribution in [0.25, 0.3) is 0 Å². The van der Waals surface area contributed by atoms with Gasteiger partial charge in [-0.2, -0.15) is 11.8 Å². The molecule has 98 heavy (non-hydrogen) atoms. The topological polar surface area (TPSA) is 291 Å². The summed E-state index contributed by atoms with van der Waals surface area (Å²) in [4.78, 5) is 176. The predicted octanol–water partition coefficient (Wildman–Crippen LogP) is 4.93. The first-order valence-electron chi connectivity index (χ1n) is 35.4. The number of thioether (sulfide) groups is 2. The molecule has 13 atom stereocenters. The largest absolute Gasteiger partial charge is 0.390 e. The highest BCUT2D eigenvalue weighted by atomic mass is 32.2. The van der Waals surface area contributed by atoms with E-state index in [1.54, 1.807) is 61.5 Å². The SMILES string of the molecule is C/C=C/C[C@@H](C)[C@@H](O)[C@H]1C(=O)N[C@@H](CC)C(=O)N(C)[C@H](SCCCCN2CCSCC2)C(=O)N(C)[C@@H](CC(C)(C)OC)C(=O)N[C@@H](C(C)C)C(=O)N(C)[C@@H](CC(C)C)C(=O)N[C@@H](C)C(=O)N[C@H](C)C(=O)N(C)[C@@H](CC(C)C)C(=O)N(C)[C@@H](CC(C)C)C(=O)N(C)[C@@H](C(C)C)C(=O)N1C. The van der Waals surface area contributed by atoms with Gasteiger partial charge in [-0.25, -0.2) is 0 Å². The van der Waals surface area contributed by atoms with Crippen molar-refractivity contribution in [3.63, 3.8) is 0 Å². The zero-order valence-corrected chi connectivity index (χ0v) is 65.8. The van der Waals surface area contributed by atoms with Crippen molar-refractivity contribution in [1.29, 1.82) is 0 Å². The lowest BCUT2D eigenvalue weighted by Crippen LogP contribution is -2.64. The number of amides is 11. The van der Waals surface area contributed by atoms with E-state index in [9.17, 15) is 24.3 Å². The van der Waals surface area contributed by atoms with Crippen molar-refractivity contribution < 1.29 is 62.6 Å². The highest BCUT2D eigenvalue weighted by molar-refractivity contribution is 8.00. The maximum Gasteiger partial charge on any atom is 0.256 e. The second-order valence-electron chi connectivity index (χ2n) is 29.7. The number of nitrogens with one attached hydrogen (secondary N) is 4. The Labute approximate surface area is 596 Å². The molecule has 0 unspecified atom stereocenters. The summed E-state index contributed by atoms with van der Waals surface area (Å²) in [7, 11) is 11.6. The van der Waals surface area contributed by atoms with Gasteiger partial charge in [0.05, 0.1) is 11.7 Å². The molecule has 2 saturated heterocycles. The summed E-state index contributed by atoms with van der Waals surface area (Å²) in [5.74, 6) is -7.37. The van der Waals surface area contributed by atoms with Gasteiger partial charge in [0, 0.05) is 87.5 Å². The maximum atomic E-state index is 15.6. The van der Waals surface area contributed by atoms with E-state index in [4.69, 9.17) is 4.74 Å². The lowest BCUT2D eigenvalue weighted by atomic mass is 9.91. The minimum Gasteiger partial charge on any atom is -0.390 e. The molecule has 2 aliphatic heterocycles. The van der Waals surface area contributed by atoms with E-state index in [0.29, 0.717) is 18.6 Å². The van der Waals surface area contributed by atoms with Crippen LogP contribution in [0.3, 0.4) is 0 Å². The fraction of sp³-hybridized carbons (Fsp3) is 0.817. The first kappa shape index (κ1) is 88.6. The Balaban J connectivity index is 3.13. The number of methoxy groups -OCH3 is 1. The number of allylic oxidation sites excluding steroid dienone is 2. The molecule has 27 heteroatoms. The van der Waals surface area contributed by atoms with Crippen LogP contribution in [-0.2, 0) is 57.5 Å². The van der Waals surface area contributed by atoms with Crippen molar-refractivity contribution in [2.75, 3.05) is 93.3 Å². The molecule has 562 valence electrons. The number of carbonyl (C=O) groups excluding carboxylic acids is 11. The molecule has 0 spiro atoms. The Kier molecular flexibility index (Phi) is 37.4. The van der Waals surface area contributed by atoms with Crippen LogP contribution in [0.2, 0.25) is 0 Å². The lowest BCUT2D eigenvalue weighted by molar-refractivity contribution is -0.157. The summed E-state index contributed by atoms with van der Waals surface area (Å²) in [6, 6.07) is -12.8. The standard InChI is InChI=1S/C71H128N12O13S2/c1-26-28-31-47(13)58(84)57-62(88)74-50(27-2)64(90)82(24)70(98-35-30-29-32-83-33-36-97-37-34-83)69(95)79(21)54(41-71(16,17)96-25)61(87)75-55(45(9)10)67(93)76(18)51(38-42(3)4)60(86)72-48(14)59(85)73-49(15)63(89)77(19)52(39-43(5)6)65(91)78(20)53(40-44(7)8)66(92)80(22)56(46(11)12)68(94)81(57)23/h26,28,42-58,70,84H,27,29-41H2,1-25H3,(H,72,86)(H,73,85)(H,74,88)(H,75,87)/b28-26+/t47-,48+,49-,50+,51+,52+,53+,54+,55+,56+,57+,58-,70-/m1/s1. The molecule has 2 heterocycles. The molecular weight excluding hydrogens is 1290 g/mol. The van der Waals surface area contributed by atoms with Gasteiger partial charge < -0.3 is 70.3 Å². The minimum absolute atomic E-state index is 0.00472. The number of aliphatic hydroxyl groups excluding tert-OH is 1. The van der Waals surface area contributed by atoms with Crippen LogP contribution in [0.5, 0.6) is 0 Å². The number of unbranched alkanes of at least 4 members (excludes halogenated alkanes) is 1. The Morgan fingerprint density at radius 2 is 1.03 bits per heavy atom. The van der Waals surface area contributed by atoms with Crippen LogP contribution in [0.15, 0.2) is 12.2 Å². The molecule has 0 saturated carbocycles. The van der Waals surface area contributed by atoms with E-state index < -0.39 is 160 Å². The average Bonchev–Trinajstić information content (AvgIpc) is 0.811. The molecule has 0 bridgehead atoms. The van der Waals surface area contributed by atoms with Crippen LogP contribution in [0.1, 0.15) is 169 Å². The highest BCUT2D eigenvalue weighted by Gasteiger charge is 2.47. The summed E-state index contributed by atoms with van der Waals surface area (Å²) < 4.78 is 5.87. The number of hydrogen-bond acceptors (Lipinski definition) is 16. The van der Waals surface area contributed by atoms with Crippen molar-refractivity contribution in [3.8, 4) is 0 Å². The Morgan fingerprint density at radius 3 is 1.53 bits per heavy atom. The van der Waals surface area contributed by atoms with E-state index in [2.05, 4.69) is 26.2 Å². The van der Waals surface area contributed by atoms with Gasteiger partial charge in [0.15, 0.2) is 5.37 Å². The first-order valence-corrected chi connectivity index (χ1v) is 37.6. The number of nitrogens with zero attached hydrogens (tertiary/aromatic N) is 8. The molecular formula is C71H128N12O13S2. The number of ether oxygens (including phenoxy) is 1. The zero-order chi connectivity index (χ0) is 75.1. The third-order valence-corrected chi connectivity index (χ3v) is 21.3. The van der Waals surface area contributed by atoms with E-state index >= 15 is 33.6 Å². The third kappa shape index (κ3) is 25.5. The molecule has 0 aromatic carbocycles. The molecule has 0 aliphatic carbocycles. The van der Waals surface area contributed by atoms with Crippen LogP contribution >= 0.6 is 23.5 Å². The van der Waals surface area contributed by atoms with Crippen LogP contribution < -0.4 is 21.3 Å². The Hall–Kier alpha value is -5.51. The van der Waals surface area contributed by atoms with E-state index in [-0.39, 0.29) is 49.9 Å². The molecule has 5 N–H and O–H groups in total. The van der Waals surface area contributed by atoms with Gasteiger partial charge in [0.2, 0.25) is 59.1 Å². The molecule has 2 fully saturated rings. The Morgan fingerprint density at radius 1 is 0.551 bits per heavy atom. The van der Waals surface area contributed by atoms with Crippen molar-refractivity contribution in [1.82, 2.24) is 60.5 Å². The summed E-state index contributed by atoms with van der Waals surface area (Å²) in [5, 5.41) is 22.3. The summed E-state index contributed by atoms with van der Waals surface area (Å²) >= 11 is 3.12. The zero-order valence-electron chi connectivity index (χ0n) is 64.2. The molecule has 25 nitrogen and oxygen atoms in total. The van der Waals surface area contributed by atoms with Crippen molar-refractivity contribution in [2.24, 2.45) is 35.5 Å². The monoisotopic (exact) mass is 1420 g/mol. The fourth-order valence-corrected chi connectivity index (χ4v) is 14.6. The predicted molar refractivity (Wildman–Crippen MR) is 389 cm³/mol. The van der Waals surface area contributed by atoms with Gasteiger partial charge in [0.1, 0.15) is 60.4 Å². The second-order valence-corrected chi connectivity index (χ2v) is 32.1. The normalized spacial score (nSPS) is 26.9. The Bertz CT molecular complexity index is 2680. The van der Waals surface area contributed by atoms with Crippen molar-refractivity contribution in [3.05, 3.63) is 12.2 Å². The summed E-state index contributed by atoms with van der Waals surface area (Å²) in [6.07, 6.45) is 4.19. The molecule has 0 radical (unpaired) electrons. The average molecular weight is 1420 g/mol. The van der Waals surface area contributed by atoms with Gasteiger partial charge >= 0.3 is 0 Å². The number of aliphatic hydroxyl groups is 1. The minimum atomic E-state index is -1.65. The van der Waals surface area contributed by atoms with Crippen LogP contribution in [0.4, 0.5) is 0 Å². The quantitative estimate of drug-likeness (QED) is 0.0710. The fourth-order valence-electron chi connectivity index (χ4n) is 12.4. The van der Waals surface area contributed by atoms with Crippen LogP contribution in [-0.4, -0.2) is 280 Å². The molecule has 2 rings (SSSR count). The van der Waals surface area contributed by atoms with E-state index in [1.807, 2.05) is 66.3 Å². The van der Waals surface area contributed by atoms with Crippen LogP contribution in [0, 0.1) is 35.5 Å². The molecule has 0 aromatic rings. The van der Waals surface area contributed by atoms with E-state index in [0.717, 1.165) is 42.5 Å². The van der Waals surface area contributed by atoms with Gasteiger partial charge in [-0.3, -0.25) is 52.7 Å². The summed E-state index contributed by atoms with van der Waals surface area (Å²) in [5.41, 5.74) is -1.04. The van der Waals surface area contributed by atoms with Gasteiger partial charge in [-0.15, -0.1) is 11.8 Å². The molecule has 0 aromatic heterocycles. The van der Waals surface area contributed by atoms with Gasteiger partial charge in [-0.1, -0.05) is 95.2 Å². The lowest BCUT2D eigenvalue weighted by Gasteiger charge is -2.41. The van der Waals surface area contributed by atoms with Crippen molar-refractivity contribution >= 4 is 88.5 Å². The third-order valence-electron chi connectivity index (χ3n) is 19.0. The molecule has 11 amide bonds. The van der Waals surface area contributed by atoms with Gasteiger partial charge in [0.25, 0.3) is 5.91 Å². The number of carbonyl (C=O) groups is 11. The molecule has 2 aliphatic rings. The number of rotatable bonds is 22. The second kappa shape index (κ2) is 41.4. The maximum absolute atomic E-state index is 15.6. The number of hydrogen-bond donors (Lipinski definition) is 5. The van der Waals surface area contributed by atoms with Gasteiger partial charge in [-0.05, 0) is 127 Å². The smallest absolute Gasteiger partial charge is 0.256 e. The highest BCUT2D eigenvalue weighted by Crippen LogP contribution is 2.29.